The summed E-state index contributed by atoms with van der Waals surface area (Å²) in [5.74, 6) is 0.811. The molecule has 0 fully saturated rings. The van der Waals surface area contributed by atoms with Crippen LogP contribution in [-0.2, 0) is 0 Å². The Morgan fingerprint density at radius 2 is 1.90 bits per heavy atom. The molecule has 108 valence electrons. The van der Waals surface area contributed by atoms with Gasteiger partial charge in [-0.1, -0.05) is 22.0 Å². The van der Waals surface area contributed by atoms with Crippen molar-refractivity contribution in [3.63, 3.8) is 0 Å². The first-order valence-electron chi connectivity index (χ1n) is 6.74. The van der Waals surface area contributed by atoms with Gasteiger partial charge >= 0.3 is 0 Å². The van der Waals surface area contributed by atoms with Crippen LogP contribution in [0.2, 0.25) is 0 Å². The molecule has 0 radical (unpaired) electrons. The van der Waals surface area contributed by atoms with E-state index < -0.39 is 0 Å². The van der Waals surface area contributed by atoms with Crippen molar-refractivity contribution in [2.24, 2.45) is 0 Å². The number of hydrogen-bond donors (Lipinski definition) is 0. The Bertz CT molecular complexity index is 824. The molecule has 0 spiro atoms. The third-order valence-electron chi connectivity index (χ3n) is 3.51. The second-order valence-corrected chi connectivity index (χ2v) is 6.61. The molecule has 1 aromatic carbocycles. The van der Waals surface area contributed by atoms with Gasteiger partial charge in [0, 0.05) is 10.2 Å². The number of aryl methyl sites for hydroxylation is 1. The number of aromatic nitrogens is 3. The average molecular weight is 365 g/mol. The zero-order chi connectivity index (χ0) is 15.1. The molecule has 0 saturated carbocycles. The minimum atomic E-state index is -0.196. The van der Waals surface area contributed by atoms with Crippen LogP contribution in [0.3, 0.4) is 0 Å². The van der Waals surface area contributed by atoms with Crippen LogP contribution in [0, 0.1) is 13.8 Å². The molecule has 1 unspecified atom stereocenters. The van der Waals surface area contributed by atoms with Crippen LogP contribution >= 0.6 is 27.5 Å². The number of benzene rings is 1. The molecule has 0 saturated heterocycles. The largest absolute Gasteiger partial charge is 0.279 e. The van der Waals surface area contributed by atoms with E-state index in [-0.39, 0.29) is 5.38 Å². The summed E-state index contributed by atoms with van der Waals surface area (Å²) in [6.45, 7) is 5.98. The first-order valence-corrected chi connectivity index (χ1v) is 7.97. The summed E-state index contributed by atoms with van der Waals surface area (Å²) in [4.78, 5) is 9.31. The lowest BCUT2D eigenvalue weighted by molar-refractivity contribution is 0.871. The van der Waals surface area contributed by atoms with E-state index in [9.17, 15) is 0 Å². The molecule has 0 N–H and O–H groups in total. The number of hydrogen-bond acceptors (Lipinski definition) is 2. The van der Waals surface area contributed by atoms with E-state index in [1.807, 2.05) is 38.1 Å². The maximum atomic E-state index is 6.34. The van der Waals surface area contributed by atoms with Crippen molar-refractivity contribution in [2.75, 3.05) is 0 Å². The second kappa shape index (κ2) is 5.43. The van der Waals surface area contributed by atoms with Crippen LogP contribution in [0.15, 0.2) is 34.8 Å². The van der Waals surface area contributed by atoms with Gasteiger partial charge in [-0.05, 0) is 50.6 Å². The van der Waals surface area contributed by atoms with Crippen LogP contribution in [0.5, 0.6) is 0 Å². The maximum absolute atomic E-state index is 6.34. The Balaban J connectivity index is 2.41. The molecule has 2 aromatic heterocycles. The molecule has 0 bridgehead atoms. The number of imidazole rings is 1. The lowest BCUT2D eigenvalue weighted by Gasteiger charge is -2.13. The van der Waals surface area contributed by atoms with Crippen molar-refractivity contribution < 1.29 is 0 Å². The van der Waals surface area contributed by atoms with Gasteiger partial charge in [-0.3, -0.25) is 4.57 Å². The smallest absolute Gasteiger partial charge is 0.164 e. The molecular weight excluding hydrogens is 350 g/mol. The summed E-state index contributed by atoms with van der Waals surface area (Å²) in [7, 11) is 0. The van der Waals surface area contributed by atoms with Gasteiger partial charge in [-0.2, -0.15) is 0 Å². The molecule has 3 rings (SSSR count). The summed E-state index contributed by atoms with van der Waals surface area (Å²) in [5, 5.41) is -0.196. The molecule has 3 aromatic rings. The van der Waals surface area contributed by atoms with E-state index in [0.29, 0.717) is 0 Å². The van der Waals surface area contributed by atoms with Gasteiger partial charge in [0.25, 0.3) is 0 Å². The predicted octanol–water partition coefficient (Wildman–Crippen LogP) is 5.10. The van der Waals surface area contributed by atoms with Gasteiger partial charge < -0.3 is 0 Å². The quantitative estimate of drug-likeness (QED) is 0.592. The van der Waals surface area contributed by atoms with Gasteiger partial charge in [0.2, 0.25) is 0 Å². The lowest BCUT2D eigenvalue weighted by atomic mass is 10.2. The molecule has 1 atom stereocenters. The monoisotopic (exact) mass is 363 g/mol. The van der Waals surface area contributed by atoms with E-state index in [1.54, 1.807) is 0 Å². The van der Waals surface area contributed by atoms with Crippen molar-refractivity contribution in [1.82, 2.24) is 14.5 Å². The van der Waals surface area contributed by atoms with Crippen molar-refractivity contribution in [1.29, 1.82) is 0 Å². The number of halogens is 2. The first kappa shape index (κ1) is 14.5. The molecule has 0 amide bonds. The fraction of sp³-hybridized carbons (Fsp3) is 0.250. The molecule has 3 nitrogen and oxygen atoms in total. The van der Waals surface area contributed by atoms with Crippen molar-refractivity contribution in [3.05, 3.63) is 51.9 Å². The van der Waals surface area contributed by atoms with Gasteiger partial charge in [0.1, 0.15) is 11.3 Å². The molecule has 2 heterocycles. The molecule has 0 aliphatic heterocycles. The van der Waals surface area contributed by atoms with E-state index in [0.717, 1.165) is 38.4 Å². The topological polar surface area (TPSA) is 30.7 Å². The zero-order valence-electron chi connectivity index (χ0n) is 12.1. The van der Waals surface area contributed by atoms with Crippen LogP contribution < -0.4 is 0 Å². The van der Waals surface area contributed by atoms with E-state index >= 15 is 0 Å². The maximum Gasteiger partial charge on any atom is 0.164 e. The van der Waals surface area contributed by atoms with Gasteiger partial charge in [0.05, 0.1) is 11.1 Å². The number of pyridine rings is 1. The second-order valence-electron chi connectivity index (χ2n) is 5.10. The van der Waals surface area contributed by atoms with Crippen LogP contribution in [0.25, 0.3) is 16.9 Å². The number of alkyl halides is 1. The number of fused-ring (bicyclic) bond motifs is 1. The van der Waals surface area contributed by atoms with Gasteiger partial charge in [-0.15, -0.1) is 11.6 Å². The zero-order valence-corrected chi connectivity index (χ0v) is 14.4. The standard InChI is InChI=1S/C16H15BrClN3/c1-9-7-8-13-16(19-9)21(15(20-13)11(3)18)14-6-4-5-12(17)10(14)2/h4-8,11H,1-3H3. The minimum Gasteiger partial charge on any atom is -0.279 e. The minimum absolute atomic E-state index is 0.196. The first-order chi connectivity index (χ1) is 9.99. The molecule has 21 heavy (non-hydrogen) atoms. The Kier molecular flexibility index (Phi) is 3.76. The van der Waals surface area contributed by atoms with E-state index in [4.69, 9.17) is 11.6 Å². The fourth-order valence-corrected chi connectivity index (χ4v) is 2.91. The van der Waals surface area contributed by atoms with E-state index in [2.05, 4.69) is 43.5 Å². The Morgan fingerprint density at radius 1 is 1.14 bits per heavy atom. The summed E-state index contributed by atoms with van der Waals surface area (Å²) < 4.78 is 3.11. The number of nitrogens with zero attached hydrogens (tertiary/aromatic N) is 3. The fourth-order valence-electron chi connectivity index (χ4n) is 2.41. The molecule has 0 aliphatic carbocycles. The number of rotatable bonds is 2. The average Bonchev–Trinajstić information content (AvgIpc) is 2.80. The lowest BCUT2D eigenvalue weighted by Crippen LogP contribution is -2.05. The predicted molar refractivity (Wildman–Crippen MR) is 90.3 cm³/mol. The molecule has 5 heteroatoms. The summed E-state index contributed by atoms with van der Waals surface area (Å²) in [6, 6.07) is 10.1. The van der Waals surface area contributed by atoms with Crippen LogP contribution in [-0.4, -0.2) is 14.5 Å². The van der Waals surface area contributed by atoms with Crippen molar-refractivity contribution in [2.45, 2.75) is 26.1 Å². The third kappa shape index (κ3) is 2.47. The van der Waals surface area contributed by atoms with Crippen molar-refractivity contribution >= 4 is 38.7 Å². The van der Waals surface area contributed by atoms with Gasteiger partial charge in [0.15, 0.2) is 5.65 Å². The Labute approximate surface area is 137 Å². The molecular formula is C16H15BrClN3. The molecule has 0 aliphatic rings. The highest BCUT2D eigenvalue weighted by atomic mass is 79.9. The highest BCUT2D eigenvalue weighted by Crippen LogP contribution is 2.31. The summed E-state index contributed by atoms with van der Waals surface area (Å²) >= 11 is 9.92. The highest BCUT2D eigenvalue weighted by Gasteiger charge is 2.19. The van der Waals surface area contributed by atoms with Crippen LogP contribution in [0.1, 0.15) is 29.4 Å². The van der Waals surface area contributed by atoms with Crippen LogP contribution in [0.4, 0.5) is 0 Å². The SMILES string of the molecule is Cc1ccc2nc(C(C)Cl)n(-c3cccc(Br)c3C)c2n1. The summed E-state index contributed by atoms with van der Waals surface area (Å²) in [6.07, 6.45) is 0. The Morgan fingerprint density at radius 3 is 2.62 bits per heavy atom. The highest BCUT2D eigenvalue weighted by molar-refractivity contribution is 9.10. The normalized spacial score (nSPS) is 12.8. The third-order valence-corrected chi connectivity index (χ3v) is 4.56. The van der Waals surface area contributed by atoms with Gasteiger partial charge in [-0.25, -0.2) is 9.97 Å². The van der Waals surface area contributed by atoms with Crippen molar-refractivity contribution in [3.8, 4) is 5.69 Å². The van der Waals surface area contributed by atoms with E-state index in [1.165, 1.54) is 0 Å². The Hall–Kier alpha value is -1.39. The summed E-state index contributed by atoms with van der Waals surface area (Å²) in [5.41, 5.74) is 4.86.